The molecule has 148 valence electrons. The van der Waals surface area contributed by atoms with Crippen molar-refractivity contribution in [2.45, 2.75) is 25.4 Å². The van der Waals surface area contributed by atoms with E-state index in [4.69, 9.17) is 9.47 Å². The van der Waals surface area contributed by atoms with Crippen molar-refractivity contribution in [2.75, 3.05) is 20.2 Å². The van der Waals surface area contributed by atoms with E-state index in [9.17, 15) is 9.18 Å². The molecule has 2 aromatic heterocycles. The van der Waals surface area contributed by atoms with Crippen LogP contribution >= 0.6 is 0 Å². The first-order chi connectivity index (χ1) is 13.5. The van der Waals surface area contributed by atoms with Crippen molar-refractivity contribution in [3.8, 4) is 0 Å². The van der Waals surface area contributed by atoms with Gasteiger partial charge in [0.25, 0.3) is 0 Å². The van der Waals surface area contributed by atoms with Crippen LogP contribution in [0.2, 0.25) is 0 Å². The van der Waals surface area contributed by atoms with Crippen LogP contribution in [-0.2, 0) is 29.7 Å². The molecule has 0 saturated carbocycles. The second kappa shape index (κ2) is 7.69. The van der Waals surface area contributed by atoms with Gasteiger partial charge in [0.2, 0.25) is 0 Å². The summed E-state index contributed by atoms with van der Waals surface area (Å²) in [5, 5.41) is 0. The average molecular weight is 387 g/mol. The van der Waals surface area contributed by atoms with Gasteiger partial charge in [-0.15, -0.1) is 0 Å². The van der Waals surface area contributed by atoms with E-state index >= 15 is 0 Å². The van der Waals surface area contributed by atoms with Crippen LogP contribution in [0, 0.1) is 0 Å². The third-order valence-electron chi connectivity index (χ3n) is 4.95. The normalized spacial score (nSPS) is 20.1. The molecule has 1 fully saturated rings. The first-order valence-corrected chi connectivity index (χ1v) is 9.04. The van der Waals surface area contributed by atoms with Gasteiger partial charge in [-0.3, -0.25) is 4.90 Å². The number of esters is 1. The Bertz CT molecular complexity index is 985. The molecule has 0 amide bonds. The van der Waals surface area contributed by atoms with Crippen LogP contribution in [0.25, 0.3) is 11.0 Å². The zero-order valence-corrected chi connectivity index (χ0v) is 15.8. The quantitative estimate of drug-likeness (QED) is 0.650. The molecule has 9 heteroatoms. The minimum absolute atomic E-state index is 0.170. The summed E-state index contributed by atoms with van der Waals surface area (Å²) in [4.78, 5) is 25.5. The molecule has 2 atom stereocenters. The standard InChI is InChI=1S/C19H22FN5O3/c1-24-6-5-21-18(24)10-25-8-13(20)16(9-25)28-11-17-22-14-4-3-12(19(26)27-2)7-15(14)23-17/h3-7,13,16H,8-11H2,1-2H3,(H,22,23)/t13-,16+/m1/s1. The van der Waals surface area contributed by atoms with Crippen molar-refractivity contribution in [1.29, 1.82) is 0 Å². The fourth-order valence-electron chi connectivity index (χ4n) is 3.40. The molecular weight excluding hydrogens is 365 g/mol. The minimum Gasteiger partial charge on any atom is -0.465 e. The lowest BCUT2D eigenvalue weighted by atomic mass is 10.2. The number of nitrogens with one attached hydrogen (secondary N) is 1. The Balaban J connectivity index is 1.37. The first kappa shape index (κ1) is 18.6. The smallest absolute Gasteiger partial charge is 0.337 e. The highest BCUT2D eigenvalue weighted by molar-refractivity contribution is 5.93. The molecule has 1 saturated heterocycles. The third-order valence-corrected chi connectivity index (χ3v) is 4.95. The molecule has 1 aromatic carbocycles. The van der Waals surface area contributed by atoms with Gasteiger partial charge in [0.15, 0.2) is 0 Å². The highest BCUT2D eigenvalue weighted by Gasteiger charge is 2.34. The van der Waals surface area contributed by atoms with E-state index in [2.05, 4.69) is 15.0 Å². The van der Waals surface area contributed by atoms with Crippen molar-refractivity contribution in [3.63, 3.8) is 0 Å². The summed E-state index contributed by atoms with van der Waals surface area (Å²) in [5.41, 5.74) is 1.86. The number of H-pyrrole nitrogens is 1. The highest BCUT2D eigenvalue weighted by Crippen LogP contribution is 2.21. The van der Waals surface area contributed by atoms with Crippen LogP contribution in [0.4, 0.5) is 4.39 Å². The van der Waals surface area contributed by atoms with Crippen molar-refractivity contribution in [3.05, 3.63) is 47.8 Å². The number of hydrogen-bond donors (Lipinski definition) is 1. The van der Waals surface area contributed by atoms with E-state index in [1.54, 1.807) is 24.4 Å². The van der Waals surface area contributed by atoms with Gasteiger partial charge in [-0.1, -0.05) is 0 Å². The molecule has 0 unspecified atom stereocenters. The molecule has 0 aliphatic carbocycles. The summed E-state index contributed by atoms with van der Waals surface area (Å²) < 4.78 is 26.8. The van der Waals surface area contributed by atoms with Crippen LogP contribution in [-0.4, -0.2) is 62.9 Å². The molecule has 3 aromatic rings. The Morgan fingerprint density at radius 1 is 1.39 bits per heavy atom. The second-order valence-corrected chi connectivity index (χ2v) is 6.92. The SMILES string of the molecule is COC(=O)c1ccc2nc(CO[C@H]3CN(Cc4nccn4C)C[C@H]3F)[nH]c2c1. The fourth-order valence-corrected chi connectivity index (χ4v) is 3.40. The summed E-state index contributed by atoms with van der Waals surface area (Å²) in [6, 6.07) is 5.08. The van der Waals surface area contributed by atoms with E-state index in [0.717, 1.165) is 5.82 Å². The number of rotatable bonds is 6. The average Bonchev–Trinajstić information content (AvgIpc) is 3.38. The molecule has 8 nitrogen and oxygen atoms in total. The number of carbonyl (C=O) groups is 1. The van der Waals surface area contributed by atoms with Gasteiger partial charge in [0.1, 0.15) is 30.5 Å². The van der Waals surface area contributed by atoms with E-state index in [-0.39, 0.29) is 6.61 Å². The zero-order chi connectivity index (χ0) is 19.7. The van der Waals surface area contributed by atoms with Crippen LogP contribution in [0.1, 0.15) is 22.0 Å². The molecule has 3 heterocycles. The van der Waals surface area contributed by atoms with Crippen molar-refractivity contribution >= 4 is 17.0 Å². The lowest BCUT2D eigenvalue weighted by Gasteiger charge is -2.15. The topological polar surface area (TPSA) is 85.3 Å². The Morgan fingerprint density at radius 2 is 2.25 bits per heavy atom. The van der Waals surface area contributed by atoms with Gasteiger partial charge in [0.05, 0.1) is 30.3 Å². The van der Waals surface area contributed by atoms with Gasteiger partial charge in [-0.25, -0.2) is 19.2 Å². The van der Waals surface area contributed by atoms with Crippen LogP contribution in [0.15, 0.2) is 30.6 Å². The highest BCUT2D eigenvalue weighted by atomic mass is 19.1. The van der Waals surface area contributed by atoms with Crippen LogP contribution in [0.5, 0.6) is 0 Å². The third kappa shape index (κ3) is 3.76. The molecule has 4 rings (SSSR count). The number of aryl methyl sites for hydroxylation is 1. The molecule has 0 radical (unpaired) electrons. The number of aromatic amines is 1. The number of hydrogen-bond acceptors (Lipinski definition) is 6. The maximum Gasteiger partial charge on any atom is 0.337 e. The summed E-state index contributed by atoms with van der Waals surface area (Å²) in [5.74, 6) is 1.08. The Labute approximate surface area is 161 Å². The Hall–Kier alpha value is -2.78. The van der Waals surface area contributed by atoms with Gasteiger partial charge in [-0.05, 0) is 18.2 Å². The molecule has 1 aliphatic heterocycles. The lowest BCUT2D eigenvalue weighted by molar-refractivity contribution is 0.00857. The van der Waals surface area contributed by atoms with E-state index in [0.29, 0.717) is 42.1 Å². The maximum atomic E-state index is 14.4. The maximum absolute atomic E-state index is 14.4. The minimum atomic E-state index is -1.06. The number of halogens is 1. The summed E-state index contributed by atoms with van der Waals surface area (Å²) in [7, 11) is 3.26. The van der Waals surface area contributed by atoms with Crippen molar-refractivity contribution in [1.82, 2.24) is 24.4 Å². The molecule has 28 heavy (non-hydrogen) atoms. The van der Waals surface area contributed by atoms with E-state index in [1.165, 1.54) is 7.11 Å². The number of alkyl halides is 1. The Morgan fingerprint density at radius 3 is 3.00 bits per heavy atom. The molecule has 0 bridgehead atoms. The first-order valence-electron chi connectivity index (χ1n) is 9.04. The van der Waals surface area contributed by atoms with Gasteiger partial charge in [-0.2, -0.15) is 0 Å². The van der Waals surface area contributed by atoms with Crippen molar-refractivity contribution in [2.24, 2.45) is 7.05 Å². The second-order valence-electron chi connectivity index (χ2n) is 6.92. The number of aromatic nitrogens is 4. The van der Waals surface area contributed by atoms with Crippen LogP contribution in [0.3, 0.4) is 0 Å². The molecule has 1 aliphatic rings. The molecule has 0 spiro atoms. The largest absolute Gasteiger partial charge is 0.465 e. The summed E-state index contributed by atoms with van der Waals surface area (Å²) >= 11 is 0. The number of benzene rings is 1. The Kier molecular flexibility index (Phi) is 5.10. The number of carbonyl (C=O) groups excluding carboxylic acids is 1. The molecular formula is C19H22FN5O3. The molecule has 1 N–H and O–H groups in total. The number of methoxy groups -OCH3 is 1. The monoisotopic (exact) mass is 387 g/mol. The van der Waals surface area contributed by atoms with E-state index < -0.39 is 18.2 Å². The van der Waals surface area contributed by atoms with Crippen molar-refractivity contribution < 1.29 is 18.7 Å². The van der Waals surface area contributed by atoms with Crippen LogP contribution < -0.4 is 0 Å². The lowest BCUT2D eigenvalue weighted by Crippen LogP contribution is -2.25. The fraction of sp³-hybridized carbons (Fsp3) is 0.421. The van der Waals surface area contributed by atoms with Gasteiger partial charge < -0.3 is 19.0 Å². The number of nitrogens with zero attached hydrogens (tertiary/aromatic N) is 4. The predicted molar refractivity (Wildman–Crippen MR) is 99.4 cm³/mol. The summed E-state index contributed by atoms with van der Waals surface area (Å²) in [6.07, 6.45) is 2.04. The number of fused-ring (bicyclic) bond motifs is 1. The zero-order valence-electron chi connectivity index (χ0n) is 15.8. The van der Waals surface area contributed by atoms with Gasteiger partial charge >= 0.3 is 5.97 Å². The summed E-state index contributed by atoms with van der Waals surface area (Å²) in [6.45, 7) is 1.58. The number of imidazole rings is 2. The number of ether oxygens (including phenoxy) is 2. The predicted octanol–water partition coefficient (Wildman–Crippen LogP) is 1.82. The van der Waals surface area contributed by atoms with E-state index in [1.807, 2.05) is 22.7 Å². The van der Waals surface area contributed by atoms with Gasteiger partial charge in [0, 0.05) is 32.5 Å². The number of likely N-dealkylation sites (tertiary alicyclic amines) is 1.